The van der Waals surface area contributed by atoms with Crippen molar-refractivity contribution in [2.75, 3.05) is 18.4 Å². The molecular weight excluding hydrogens is 316 g/mol. The lowest BCUT2D eigenvalue weighted by Gasteiger charge is -2.49. The number of rotatable bonds is 4. The maximum atomic E-state index is 12.8. The molecule has 0 aromatic carbocycles. The molecule has 1 aliphatic carbocycles. The molecule has 4 aliphatic rings. The third kappa shape index (κ3) is 2.68. The van der Waals surface area contributed by atoms with Crippen LogP contribution in [0.25, 0.3) is 11.0 Å². The van der Waals surface area contributed by atoms with E-state index in [1.807, 2.05) is 6.07 Å². The zero-order valence-electron chi connectivity index (χ0n) is 14.5. The number of nitrogens with one attached hydrogen (secondary N) is 2. The Kier molecular flexibility index (Phi) is 3.48. The van der Waals surface area contributed by atoms with Gasteiger partial charge in [0, 0.05) is 23.5 Å². The minimum Gasteiger partial charge on any atom is -0.460 e. The van der Waals surface area contributed by atoms with Crippen molar-refractivity contribution in [2.24, 2.45) is 5.92 Å². The number of aromatic nitrogens is 1. The second-order valence-corrected chi connectivity index (χ2v) is 7.75. The molecule has 2 aromatic heterocycles. The molecule has 6 rings (SSSR count). The van der Waals surface area contributed by atoms with Gasteiger partial charge < -0.3 is 15.1 Å². The highest BCUT2D eigenvalue weighted by molar-refractivity contribution is 5.99. The number of hydrogen-bond acceptors (Lipinski definition) is 5. The summed E-state index contributed by atoms with van der Waals surface area (Å²) in [6.45, 7) is 4.54. The van der Waals surface area contributed by atoms with Crippen molar-refractivity contribution >= 4 is 22.6 Å². The van der Waals surface area contributed by atoms with Crippen LogP contribution in [0.5, 0.6) is 0 Å². The van der Waals surface area contributed by atoms with Gasteiger partial charge in [-0.05, 0) is 57.7 Å². The average molecular weight is 340 g/mol. The van der Waals surface area contributed by atoms with Gasteiger partial charge in [-0.25, -0.2) is 4.98 Å². The van der Waals surface area contributed by atoms with E-state index in [1.165, 1.54) is 25.7 Å². The summed E-state index contributed by atoms with van der Waals surface area (Å²) in [5.41, 5.74) is 2.15. The van der Waals surface area contributed by atoms with Gasteiger partial charge in [0.1, 0.15) is 12.0 Å². The molecule has 6 nitrogen and oxygen atoms in total. The summed E-state index contributed by atoms with van der Waals surface area (Å²) in [4.78, 5) is 19.6. The van der Waals surface area contributed by atoms with Crippen LogP contribution in [0.15, 0.2) is 22.9 Å². The number of fused-ring (bicyclic) bond motifs is 4. The topological polar surface area (TPSA) is 70.4 Å². The number of hydrogen-bond donors (Lipinski definition) is 2. The fraction of sp³-hybridized carbons (Fsp3) is 0.579. The molecule has 25 heavy (non-hydrogen) atoms. The molecule has 5 heterocycles. The molecule has 3 saturated heterocycles. The van der Waals surface area contributed by atoms with E-state index in [2.05, 4.69) is 27.4 Å². The molecular formula is C19H24N4O2. The van der Waals surface area contributed by atoms with Gasteiger partial charge in [-0.15, -0.1) is 0 Å². The highest BCUT2D eigenvalue weighted by Crippen LogP contribution is 2.33. The van der Waals surface area contributed by atoms with Gasteiger partial charge in [-0.2, -0.15) is 0 Å². The summed E-state index contributed by atoms with van der Waals surface area (Å²) in [5, 5.41) is 7.65. The van der Waals surface area contributed by atoms with Crippen molar-refractivity contribution in [1.29, 1.82) is 0 Å². The Morgan fingerprint density at radius 1 is 1.28 bits per heavy atom. The number of furan rings is 1. The number of carbonyl (C=O) groups is 1. The quantitative estimate of drug-likeness (QED) is 0.895. The predicted octanol–water partition coefficient (Wildman–Crippen LogP) is 2.61. The van der Waals surface area contributed by atoms with Crippen LogP contribution in [0, 0.1) is 5.92 Å². The Morgan fingerprint density at radius 2 is 2.08 bits per heavy atom. The van der Waals surface area contributed by atoms with Crippen LogP contribution in [-0.4, -0.2) is 47.0 Å². The summed E-state index contributed by atoms with van der Waals surface area (Å²) in [7, 11) is 0. The Labute approximate surface area is 147 Å². The molecule has 1 amide bonds. The maximum Gasteiger partial charge on any atom is 0.270 e. The zero-order valence-corrected chi connectivity index (χ0v) is 14.5. The molecule has 3 aliphatic heterocycles. The predicted molar refractivity (Wildman–Crippen MR) is 95.7 cm³/mol. The number of anilines is 1. The van der Waals surface area contributed by atoms with Crippen molar-refractivity contribution in [3.8, 4) is 0 Å². The number of nitrogens with zero attached hydrogens (tertiary/aromatic N) is 2. The van der Waals surface area contributed by atoms with Crippen LogP contribution in [0.4, 0.5) is 5.69 Å². The fourth-order valence-electron chi connectivity index (χ4n) is 4.39. The highest BCUT2D eigenvalue weighted by Gasteiger charge is 2.40. The lowest BCUT2D eigenvalue weighted by molar-refractivity contribution is 0.0216. The van der Waals surface area contributed by atoms with E-state index >= 15 is 0 Å². The second kappa shape index (κ2) is 5.73. The van der Waals surface area contributed by atoms with Gasteiger partial charge in [0.15, 0.2) is 5.58 Å². The first-order chi connectivity index (χ1) is 12.2. The highest BCUT2D eigenvalue weighted by atomic mass is 16.3. The standard InChI is InChI=1S/C19H24N4O2/c1-11-18(12-4-6-23(11)7-5-12)22-19(24)15-8-14-16(21-13-2-3-13)10-25-17(14)9-20-15/h8-13,18,21H,2-7H2,1H3,(H,22,24). The van der Waals surface area contributed by atoms with Crippen LogP contribution in [0.2, 0.25) is 0 Å². The molecule has 1 saturated carbocycles. The van der Waals surface area contributed by atoms with Gasteiger partial charge in [-0.1, -0.05) is 0 Å². The average Bonchev–Trinajstić information content (AvgIpc) is 3.37. The van der Waals surface area contributed by atoms with Crippen molar-refractivity contribution in [1.82, 2.24) is 15.2 Å². The Bertz CT molecular complexity index is 803. The van der Waals surface area contributed by atoms with Gasteiger partial charge in [0.2, 0.25) is 0 Å². The van der Waals surface area contributed by atoms with Gasteiger partial charge in [0.05, 0.1) is 11.9 Å². The second-order valence-electron chi connectivity index (χ2n) is 7.75. The van der Waals surface area contributed by atoms with Crippen LogP contribution in [-0.2, 0) is 0 Å². The first-order valence-electron chi connectivity index (χ1n) is 9.38. The van der Waals surface area contributed by atoms with E-state index in [1.54, 1.807) is 12.5 Å². The Balaban J connectivity index is 1.37. The molecule has 2 bridgehead atoms. The van der Waals surface area contributed by atoms with Crippen molar-refractivity contribution in [2.45, 2.75) is 50.7 Å². The molecule has 2 aromatic rings. The van der Waals surface area contributed by atoms with Crippen LogP contribution in [0.3, 0.4) is 0 Å². The largest absolute Gasteiger partial charge is 0.460 e. The molecule has 4 fully saturated rings. The monoisotopic (exact) mass is 340 g/mol. The van der Waals surface area contributed by atoms with Crippen molar-refractivity contribution < 1.29 is 9.21 Å². The zero-order chi connectivity index (χ0) is 17.0. The number of amides is 1. The molecule has 2 unspecified atom stereocenters. The molecule has 2 atom stereocenters. The van der Waals surface area contributed by atoms with E-state index in [0.717, 1.165) is 29.7 Å². The van der Waals surface area contributed by atoms with Gasteiger partial charge in [-0.3, -0.25) is 9.69 Å². The van der Waals surface area contributed by atoms with E-state index < -0.39 is 0 Å². The van der Waals surface area contributed by atoms with E-state index in [9.17, 15) is 4.79 Å². The van der Waals surface area contributed by atoms with E-state index in [0.29, 0.717) is 23.7 Å². The summed E-state index contributed by atoms with van der Waals surface area (Å²) in [6, 6.07) is 3.02. The Morgan fingerprint density at radius 3 is 2.80 bits per heavy atom. The third-order valence-corrected chi connectivity index (χ3v) is 6.11. The minimum absolute atomic E-state index is 0.0777. The number of pyridine rings is 1. The summed E-state index contributed by atoms with van der Waals surface area (Å²) < 4.78 is 5.56. The van der Waals surface area contributed by atoms with E-state index in [-0.39, 0.29) is 11.9 Å². The molecule has 0 spiro atoms. The lowest BCUT2D eigenvalue weighted by atomic mass is 9.79. The van der Waals surface area contributed by atoms with Crippen LogP contribution >= 0.6 is 0 Å². The van der Waals surface area contributed by atoms with Gasteiger partial charge >= 0.3 is 0 Å². The first-order valence-corrected chi connectivity index (χ1v) is 9.38. The number of piperidine rings is 3. The number of carbonyl (C=O) groups excluding carboxylic acids is 1. The molecule has 6 heteroatoms. The molecule has 2 N–H and O–H groups in total. The van der Waals surface area contributed by atoms with Crippen molar-refractivity contribution in [3.05, 3.63) is 24.2 Å². The molecule has 0 radical (unpaired) electrons. The minimum atomic E-state index is -0.0777. The fourth-order valence-corrected chi connectivity index (χ4v) is 4.39. The summed E-state index contributed by atoms with van der Waals surface area (Å²) in [5.74, 6) is 0.514. The van der Waals surface area contributed by atoms with Crippen LogP contribution in [0.1, 0.15) is 43.1 Å². The SMILES string of the molecule is CC1C(NC(=O)c2cc3c(NC4CC4)coc3cn2)C2CCN1CC2. The van der Waals surface area contributed by atoms with Gasteiger partial charge in [0.25, 0.3) is 5.91 Å². The Hall–Kier alpha value is -2.08. The molecule has 132 valence electrons. The smallest absolute Gasteiger partial charge is 0.270 e. The normalized spacial score (nSPS) is 31.2. The van der Waals surface area contributed by atoms with Crippen LogP contribution < -0.4 is 10.6 Å². The summed E-state index contributed by atoms with van der Waals surface area (Å²) in [6.07, 6.45) is 8.13. The van der Waals surface area contributed by atoms with E-state index in [4.69, 9.17) is 4.42 Å². The maximum absolute atomic E-state index is 12.8. The lowest BCUT2D eigenvalue weighted by Crippen LogP contribution is -2.62. The van der Waals surface area contributed by atoms with Crippen molar-refractivity contribution in [3.63, 3.8) is 0 Å². The third-order valence-electron chi connectivity index (χ3n) is 6.11. The first kappa shape index (κ1) is 15.2. The summed E-state index contributed by atoms with van der Waals surface area (Å²) >= 11 is 0.